The maximum atomic E-state index is 13.0. The molecular formula is C10H6ClFN4O2S2. The predicted molar refractivity (Wildman–Crippen MR) is 73.1 cm³/mol. The number of nitrogens with one attached hydrogen (secondary N) is 1. The van der Waals surface area contributed by atoms with Crippen LogP contribution in [0.3, 0.4) is 0 Å². The third-order valence-electron chi connectivity index (χ3n) is 2.39. The third-order valence-corrected chi connectivity index (χ3v) is 4.90. The molecule has 1 N–H and O–H groups in total. The van der Waals surface area contributed by atoms with Crippen LogP contribution in [0.25, 0.3) is 4.96 Å². The van der Waals surface area contributed by atoms with Gasteiger partial charge in [-0.2, -0.15) is 12.8 Å². The number of imidazole rings is 1. The SMILES string of the molecule is O=S(=O)(Nc1cccc(F)n1)c1c(Cl)nc2sccn12. The molecule has 3 aromatic heterocycles. The number of aromatic nitrogens is 3. The first kappa shape index (κ1) is 13.3. The van der Waals surface area contributed by atoms with Crippen molar-refractivity contribution < 1.29 is 12.8 Å². The summed E-state index contributed by atoms with van der Waals surface area (Å²) in [6, 6.07) is 3.79. The van der Waals surface area contributed by atoms with E-state index in [2.05, 4.69) is 14.7 Å². The zero-order valence-electron chi connectivity index (χ0n) is 9.62. The molecule has 0 saturated carbocycles. The number of rotatable bonds is 3. The summed E-state index contributed by atoms with van der Waals surface area (Å²) >= 11 is 7.10. The van der Waals surface area contributed by atoms with E-state index in [-0.39, 0.29) is 16.0 Å². The minimum absolute atomic E-state index is 0.133. The van der Waals surface area contributed by atoms with Gasteiger partial charge in [-0.1, -0.05) is 17.7 Å². The zero-order valence-corrected chi connectivity index (χ0v) is 12.0. The Labute approximate surface area is 121 Å². The predicted octanol–water partition coefficient (Wildman–Crippen LogP) is 2.38. The number of fused-ring (bicyclic) bond motifs is 1. The number of nitrogens with zero attached hydrogens (tertiary/aromatic N) is 3. The molecule has 0 unspecified atom stereocenters. The standard InChI is InChI=1S/C10H6ClFN4O2S2/c11-8-9(16-4-5-19-10(16)14-8)20(17,18)15-7-3-1-2-6(12)13-7/h1-5H,(H,13,15). The quantitative estimate of drug-likeness (QED) is 0.747. The first-order chi connectivity index (χ1) is 9.47. The molecule has 0 spiro atoms. The van der Waals surface area contributed by atoms with Gasteiger partial charge in [-0.15, -0.1) is 11.3 Å². The molecule has 10 heteroatoms. The number of anilines is 1. The normalized spacial score (nSPS) is 11.9. The first-order valence-electron chi connectivity index (χ1n) is 5.24. The second-order valence-corrected chi connectivity index (χ2v) is 6.54. The van der Waals surface area contributed by atoms with Gasteiger partial charge in [0.05, 0.1) is 0 Å². The van der Waals surface area contributed by atoms with Crippen molar-refractivity contribution in [1.82, 2.24) is 14.4 Å². The number of sulfonamides is 1. The molecule has 20 heavy (non-hydrogen) atoms. The van der Waals surface area contributed by atoms with Crippen molar-refractivity contribution in [3.63, 3.8) is 0 Å². The lowest BCUT2D eigenvalue weighted by atomic mass is 10.5. The second-order valence-electron chi connectivity index (χ2n) is 3.71. The average Bonchev–Trinajstić information content (AvgIpc) is 2.87. The summed E-state index contributed by atoms with van der Waals surface area (Å²) in [7, 11) is -4.02. The number of hydrogen-bond donors (Lipinski definition) is 1. The van der Waals surface area contributed by atoms with Crippen LogP contribution in [0.2, 0.25) is 5.15 Å². The van der Waals surface area contributed by atoms with E-state index < -0.39 is 16.0 Å². The summed E-state index contributed by atoms with van der Waals surface area (Å²) < 4.78 is 41.1. The van der Waals surface area contributed by atoms with Crippen LogP contribution in [0.5, 0.6) is 0 Å². The van der Waals surface area contributed by atoms with Crippen LogP contribution >= 0.6 is 22.9 Å². The summed E-state index contributed by atoms with van der Waals surface area (Å²) in [4.78, 5) is 7.82. The highest BCUT2D eigenvalue weighted by Gasteiger charge is 2.25. The van der Waals surface area contributed by atoms with E-state index in [0.29, 0.717) is 4.96 Å². The highest BCUT2D eigenvalue weighted by atomic mass is 35.5. The smallest absolute Gasteiger partial charge is 0.278 e. The van der Waals surface area contributed by atoms with Crippen LogP contribution in [0.4, 0.5) is 10.2 Å². The van der Waals surface area contributed by atoms with Crippen LogP contribution in [-0.2, 0) is 10.0 Å². The van der Waals surface area contributed by atoms with Crippen molar-refractivity contribution in [3.05, 3.63) is 40.9 Å². The molecule has 3 heterocycles. The van der Waals surface area contributed by atoms with Gasteiger partial charge in [0.2, 0.25) is 5.95 Å². The van der Waals surface area contributed by atoms with Gasteiger partial charge < -0.3 is 0 Å². The number of thiazole rings is 1. The number of halogens is 2. The summed E-state index contributed by atoms with van der Waals surface area (Å²) in [6.07, 6.45) is 1.53. The van der Waals surface area contributed by atoms with E-state index in [4.69, 9.17) is 11.6 Å². The zero-order chi connectivity index (χ0) is 14.3. The minimum atomic E-state index is -4.02. The lowest BCUT2D eigenvalue weighted by molar-refractivity contribution is 0.584. The third kappa shape index (κ3) is 2.23. The Bertz CT molecular complexity index is 890. The Morgan fingerprint density at radius 1 is 1.35 bits per heavy atom. The second kappa shape index (κ2) is 4.69. The molecule has 6 nitrogen and oxygen atoms in total. The van der Waals surface area contributed by atoms with E-state index in [1.165, 1.54) is 34.1 Å². The van der Waals surface area contributed by atoms with Gasteiger partial charge in [-0.25, -0.2) is 9.97 Å². The molecule has 0 aliphatic carbocycles. The highest BCUT2D eigenvalue weighted by molar-refractivity contribution is 7.92. The molecular weight excluding hydrogens is 327 g/mol. The Morgan fingerprint density at radius 2 is 2.15 bits per heavy atom. The van der Waals surface area contributed by atoms with E-state index >= 15 is 0 Å². The lowest BCUT2D eigenvalue weighted by Gasteiger charge is -2.06. The van der Waals surface area contributed by atoms with Gasteiger partial charge in [0, 0.05) is 11.6 Å². The summed E-state index contributed by atoms with van der Waals surface area (Å²) in [5, 5.41) is 1.32. The van der Waals surface area contributed by atoms with Gasteiger partial charge in [0.1, 0.15) is 5.82 Å². The molecule has 3 aromatic rings. The molecule has 3 rings (SSSR count). The molecule has 0 atom stereocenters. The van der Waals surface area contributed by atoms with Crippen LogP contribution < -0.4 is 4.72 Å². The van der Waals surface area contributed by atoms with Crippen LogP contribution in [0, 0.1) is 5.95 Å². The molecule has 104 valence electrons. The van der Waals surface area contributed by atoms with Crippen molar-refractivity contribution in [2.75, 3.05) is 4.72 Å². The Kier molecular flexibility index (Phi) is 3.11. The van der Waals surface area contributed by atoms with E-state index in [0.717, 1.165) is 6.07 Å². The van der Waals surface area contributed by atoms with Crippen molar-refractivity contribution in [3.8, 4) is 0 Å². The Balaban J connectivity index is 2.08. The van der Waals surface area contributed by atoms with Crippen molar-refractivity contribution >= 4 is 43.7 Å². The van der Waals surface area contributed by atoms with Crippen molar-refractivity contribution in [2.24, 2.45) is 0 Å². The van der Waals surface area contributed by atoms with Crippen molar-refractivity contribution in [1.29, 1.82) is 0 Å². The molecule has 0 aliphatic heterocycles. The Morgan fingerprint density at radius 3 is 2.90 bits per heavy atom. The molecule has 0 aromatic carbocycles. The monoisotopic (exact) mass is 332 g/mol. The van der Waals surface area contributed by atoms with Gasteiger partial charge in [0.15, 0.2) is 15.1 Å². The maximum absolute atomic E-state index is 13.0. The van der Waals surface area contributed by atoms with Gasteiger partial charge in [-0.05, 0) is 12.1 Å². The first-order valence-corrected chi connectivity index (χ1v) is 7.98. The Hall–Kier alpha value is -1.71. The topological polar surface area (TPSA) is 76.4 Å². The van der Waals surface area contributed by atoms with Crippen LogP contribution in [0.15, 0.2) is 34.8 Å². The van der Waals surface area contributed by atoms with E-state index in [1.807, 2.05) is 0 Å². The van der Waals surface area contributed by atoms with Gasteiger partial charge in [0.25, 0.3) is 10.0 Å². The number of hydrogen-bond acceptors (Lipinski definition) is 5. The highest BCUT2D eigenvalue weighted by Crippen LogP contribution is 2.26. The largest absolute Gasteiger partial charge is 0.282 e. The van der Waals surface area contributed by atoms with Gasteiger partial charge >= 0.3 is 0 Å². The fourth-order valence-corrected chi connectivity index (χ4v) is 4.09. The molecule has 0 fully saturated rings. The fraction of sp³-hybridized carbons (Fsp3) is 0. The minimum Gasteiger partial charge on any atom is -0.278 e. The van der Waals surface area contributed by atoms with E-state index in [1.54, 1.807) is 5.38 Å². The summed E-state index contributed by atoms with van der Waals surface area (Å²) in [6.45, 7) is 0. The van der Waals surface area contributed by atoms with Crippen LogP contribution in [0.1, 0.15) is 0 Å². The van der Waals surface area contributed by atoms with Gasteiger partial charge in [-0.3, -0.25) is 9.12 Å². The van der Waals surface area contributed by atoms with Crippen LogP contribution in [-0.4, -0.2) is 22.8 Å². The fourth-order valence-electron chi connectivity index (χ4n) is 1.63. The molecule has 0 radical (unpaired) electrons. The molecule has 0 saturated heterocycles. The molecule has 0 bridgehead atoms. The average molecular weight is 333 g/mol. The molecule has 0 amide bonds. The molecule has 0 aliphatic rings. The summed E-state index contributed by atoms with van der Waals surface area (Å²) in [5.74, 6) is -0.920. The van der Waals surface area contributed by atoms with Crippen molar-refractivity contribution in [2.45, 2.75) is 5.03 Å². The maximum Gasteiger partial charge on any atom is 0.282 e. The van der Waals surface area contributed by atoms with E-state index in [9.17, 15) is 12.8 Å². The lowest BCUT2D eigenvalue weighted by Crippen LogP contribution is -2.16. The summed E-state index contributed by atoms with van der Waals surface area (Å²) in [5.41, 5.74) is 0. The number of pyridine rings is 1.